The molecule has 0 aromatic heterocycles. The van der Waals surface area contributed by atoms with Gasteiger partial charge < -0.3 is 14.7 Å². The van der Waals surface area contributed by atoms with E-state index in [4.69, 9.17) is 0 Å². The van der Waals surface area contributed by atoms with Crippen molar-refractivity contribution in [2.75, 3.05) is 46.3 Å². The van der Waals surface area contributed by atoms with Crippen LogP contribution in [-0.4, -0.2) is 67.0 Å². The highest BCUT2D eigenvalue weighted by molar-refractivity contribution is 5.75. The van der Waals surface area contributed by atoms with Gasteiger partial charge in [0, 0.05) is 39.3 Å². The molecule has 0 unspecified atom stereocenters. The van der Waals surface area contributed by atoms with Crippen LogP contribution in [0.4, 0.5) is 4.79 Å². The van der Waals surface area contributed by atoms with Crippen molar-refractivity contribution in [1.29, 1.82) is 0 Å². The second-order valence-electron chi connectivity index (χ2n) is 5.91. The monoisotopic (exact) mass is 225 g/mol. The number of hydrogen-bond acceptors (Lipinski definition) is 2. The van der Waals surface area contributed by atoms with E-state index in [9.17, 15) is 4.79 Å². The Morgan fingerprint density at radius 3 is 2.12 bits per heavy atom. The maximum absolute atomic E-state index is 12.2. The van der Waals surface area contributed by atoms with Gasteiger partial charge in [0.15, 0.2) is 0 Å². The van der Waals surface area contributed by atoms with Crippen molar-refractivity contribution in [3.63, 3.8) is 0 Å². The minimum atomic E-state index is 0.249. The van der Waals surface area contributed by atoms with Gasteiger partial charge in [-0.05, 0) is 18.9 Å². The molecule has 4 nitrogen and oxygen atoms in total. The van der Waals surface area contributed by atoms with Gasteiger partial charge in [-0.15, -0.1) is 0 Å². The van der Waals surface area contributed by atoms with Crippen molar-refractivity contribution >= 4 is 6.03 Å². The van der Waals surface area contributed by atoms with Crippen LogP contribution < -0.4 is 0 Å². The Labute approximate surface area is 98.2 Å². The molecular formula is C12H23N3O. The minimum Gasteiger partial charge on any atom is -0.324 e. The number of carbonyl (C=O) groups excluding carboxylic acids is 1. The Morgan fingerprint density at radius 2 is 1.62 bits per heavy atom. The molecule has 2 amide bonds. The lowest BCUT2D eigenvalue weighted by atomic mass is 9.93. The molecule has 2 heterocycles. The molecule has 2 aliphatic rings. The number of nitrogens with zero attached hydrogens (tertiary/aromatic N) is 3. The molecule has 0 bridgehead atoms. The Hall–Kier alpha value is -0.770. The van der Waals surface area contributed by atoms with Crippen LogP contribution in [-0.2, 0) is 0 Å². The summed E-state index contributed by atoms with van der Waals surface area (Å²) in [6, 6.07) is 0.249. The van der Waals surface area contributed by atoms with Gasteiger partial charge in [0.25, 0.3) is 0 Å². The first kappa shape index (κ1) is 11.7. The van der Waals surface area contributed by atoms with Crippen LogP contribution in [0.25, 0.3) is 0 Å². The summed E-state index contributed by atoms with van der Waals surface area (Å²) >= 11 is 0. The highest BCUT2D eigenvalue weighted by Gasteiger charge is 2.34. The topological polar surface area (TPSA) is 26.8 Å². The molecule has 0 aliphatic carbocycles. The predicted octanol–water partition coefficient (Wildman–Crippen LogP) is 1.09. The first-order valence-electron chi connectivity index (χ1n) is 6.20. The number of urea groups is 1. The van der Waals surface area contributed by atoms with Gasteiger partial charge in [-0.3, -0.25) is 0 Å². The number of hydrogen-bond donors (Lipinski definition) is 0. The zero-order valence-electron chi connectivity index (χ0n) is 10.7. The van der Waals surface area contributed by atoms with Crippen LogP contribution >= 0.6 is 0 Å². The number of amides is 2. The Kier molecular flexibility index (Phi) is 3.10. The second kappa shape index (κ2) is 4.24. The molecule has 2 rings (SSSR count). The molecule has 0 aromatic carbocycles. The summed E-state index contributed by atoms with van der Waals surface area (Å²) in [5.74, 6) is 0. The van der Waals surface area contributed by atoms with Gasteiger partial charge in [0.1, 0.15) is 0 Å². The first-order chi connectivity index (χ1) is 7.48. The average Bonchev–Trinajstić information content (AvgIpc) is 2.59. The fourth-order valence-electron chi connectivity index (χ4n) is 2.47. The quantitative estimate of drug-likeness (QED) is 0.617. The third kappa shape index (κ3) is 2.48. The SMILES string of the molecule is CN1CCN(C(=O)N2CCC(C)(C)C2)CC1. The van der Waals surface area contributed by atoms with Crippen LogP contribution in [0.2, 0.25) is 0 Å². The van der Waals surface area contributed by atoms with Gasteiger partial charge in [0.05, 0.1) is 0 Å². The van der Waals surface area contributed by atoms with Crippen molar-refractivity contribution < 1.29 is 4.79 Å². The number of carbonyl (C=O) groups is 1. The summed E-state index contributed by atoms with van der Waals surface area (Å²) in [5, 5.41) is 0. The summed E-state index contributed by atoms with van der Waals surface area (Å²) in [6.45, 7) is 10.1. The van der Waals surface area contributed by atoms with Crippen molar-refractivity contribution in [2.45, 2.75) is 20.3 Å². The van der Waals surface area contributed by atoms with Crippen LogP contribution in [0.3, 0.4) is 0 Å². The summed E-state index contributed by atoms with van der Waals surface area (Å²) in [6.07, 6.45) is 1.13. The third-order valence-electron chi connectivity index (χ3n) is 3.72. The fourth-order valence-corrected chi connectivity index (χ4v) is 2.47. The molecule has 2 saturated heterocycles. The average molecular weight is 225 g/mol. The van der Waals surface area contributed by atoms with Crippen LogP contribution in [0.1, 0.15) is 20.3 Å². The summed E-state index contributed by atoms with van der Waals surface area (Å²) in [5.41, 5.74) is 0.308. The van der Waals surface area contributed by atoms with Gasteiger partial charge in [0.2, 0.25) is 0 Å². The Morgan fingerprint density at radius 1 is 1.00 bits per heavy atom. The zero-order valence-corrected chi connectivity index (χ0v) is 10.7. The summed E-state index contributed by atoms with van der Waals surface area (Å²) in [4.78, 5) is 18.5. The summed E-state index contributed by atoms with van der Waals surface area (Å²) in [7, 11) is 2.11. The number of rotatable bonds is 0. The van der Waals surface area contributed by atoms with Gasteiger partial charge >= 0.3 is 6.03 Å². The van der Waals surface area contributed by atoms with E-state index in [1.54, 1.807) is 0 Å². The maximum atomic E-state index is 12.2. The molecule has 2 fully saturated rings. The van der Waals surface area contributed by atoms with E-state index in [-0.39, 0.29) is 6.03 Å². The molecule has 0 atom stereocenters. The number of piperazine rings is 1. The van der Waals surface area contributed by atoms with Crippen LogP contribution in [0, 0.1) is 5.41 Å². The van der Waals surface area contributed by atoms with E-state index in [1.807, 2.05) is 9.80 Å². The third-order valence-corrected chi connectivity index (χ3v) is 3.72. The molecule has 0 aromatic rings. The molecule has 0 spiro atoms. The number of likely N-dealkylation sites (N-methyl/N-ethyl adjacent to an activating group) is 1. The van der Waals surface area contributed by atoms with E-state index >= 15 is 0 Å². The van der Waals surface area contributed by atoms with E-state index in [2.05, 4.69) is 25.8 Å². The van der Waals surface area contributed by atoms with Crippen molar-refractivity contribution in [1.82, 2.24) is 14.7 Å². The highest BCUT2D eigenvalue weighted by Crippen LogP contribution is 2.29. The molecule has 0 saturated carbocycles. The Bertz CT molecular complexity index is 269. The number of likely N-dealkylation sites (tertiary alicyclic amines) is 1. The molecule has 2 aliphatic heterocycles. The standard InChI is InChI=1S/C12H23N3O/c1-12(2)4-5-15(10-12)11(16)14-8-6-13(3)7-9-14/h4-10H2,1-3H3. The van der Waals surface area contributed by atoms with Crippen molar-refractivity contribution in [3.05, 3.63) is 0 Å². The van der Waals surface area contributed by atoms with E-state index < -0.39 is 0 Å². The van der Waals surface area contributed by atoms with E-state index in [1.165, 1.54) is 0 Å². The zero-order chi connectivity index (χ0) is 11.8. The predicted molar refractivity (Wildman–Crippen MR) is 64.4 cm³/mol. The normalized spacial score (nSPS) is 26.2. The molecule has 0 radical (unpaired) electrons. The van der Waals surface area contributed by atoms with Gasteiger partial charge in [-0.25, -0.2) is 4.79 Å². The smallest absolute Gasteiger partial charge is 0.320 e. The van der Waals surface area contributed by atoms with E-state index in [0.717, 1.165) is 45.7 Å². The van der Waals surface area contributed by atoms with Crippen LogP contribution in [0.5, 0.6) is 0 Å². The van der Waals surface area contributed by atoms with E-state index in [0.29, 0.717) is 5.41 Å². The Balaban J connectivity index is 1.89. The lowest BCUT2D eigenvalue weighted by Gasteiger charge is -2.35. The molecule has 0 N–H and O–H groups in total. The summed E-state index contributed by atoms with van der Waals surface area (Å²) < 4.78 is 0. The first-order valence-corrected chi connectivity index (χ1v) is 6.20. The maximum Gasteiger partial charge on any atom is 0.320 e. The lowest BCUT2D eigenvalue weighted by Crippen LogP contribution is -2.51. The molecule has 16 heavy (non-hydrogen) atoms. The van der Waals surface area contributed by atoms with Gasteiger partial charge in [-0.2, -0.15) is 0 Å². The van der Waals surface area contributed by atoms with Crippen molar-refractivity contribution in [2.24, 2.45) is 5.41 Å². The van der Waals surface area contributed by atoms with Crippen LogP contribution in [0.15, 0.2) is 0 Å². The lowest BCUT2D eigenvalue weighted by molar-refractivity contribution is 0.126. The molecular weight excluding hydrogens is 202 g/mol. The molecule has 4 heteroatoms. The second-order valence-corrected chi connectivity index (χ2v) is 5.91. The molecule has 92 valence electrons. The minimum absolute atomic E-state index is 0.249. The highest BCUT2D eigenvalue weighted by atomic mass is 16.2. The largest absolute Gasteiger partial charge is 0.324 e. The fraction of sp³-hybridized carbons (Fsp3) is 0.917. The van der Waals surface area contributed by atoms with Crippen molar-refractivity contribution in [3.8, 4) is 0 Å². The van der Waals surface area contributed by atoms with Gasteiger partial charge in [-0.1, -0.05) is 13.8 Å².